The molecule has 0 N–H and O–H groups in total. The Morgan fingerprint density at radius 3 is 1.07 bits per heavy atom. The Labute approximate surface area is 85.0 Å². The lowest BCUT2D eigenvalue weighted by Gasteiger charge is -2.18. The van der Waals surface area contributed by atoms with Crippen molar-refractivity contribution in [1.29, 1.82) is 0 Å². The zero-order valence-electron chi connectivity index (χ0n) is 8.29. The van der Waals surface area contributed by atoms with Crippen LogP contribution in [0.1, 0.15) is 22.3 Å². The van der Waals surface area contributed by atoms with Gasteiger partial charge in [0.2, 0.25) is 0 Å². The third-order valence-corrected chi connectivity index (χ3v) is 3.21. The van der Waals surface area contributed by atoms with Gasteiger partial charge in [-0.05, 0) is 47.9 Å². The number of hydrogen-bond donors (Lipinski definition) is 0. The summed E-state index contributed by atoms with van der Waals surface area (Å²) in [6.07, 6.45) is 13.7. The van der Waals surface area contributed by atoms with Gasteiger partial charge in [0.15, 0.2) is 0 Å². The Kier molecular flexibility index (Phi) is 1.80. The van der Waals surface area contributed by atoms with Crippen LogP contribution in [0.2, 0.25) is 0 Å². The first-order valence-electron chi connectivity index (χ1n) is 5.37. The van der Waals surface area contributed by atoms with Gasteiger partial charge in [-0.25, -0.2) is 0 Å². The maximum atomic E-state index is 2.41. The molecule has 0 spiro atoms. The fourth-order valence-electron chi connectivity index (χ4n) is 2.39. The summed E-state index contributed by atoms with van der Waals surface area (Å²) in [5, 5.41) is 0. The first-order chi connectivity index (χ1) is 6.93. The van der Waals surface area contributed by atoms with E-state index in [1.54, 1.807) is 22.3 Å². The molecule has 0 bridgehead atoms. The number of hydrogen-bond acceptors (Lipinski definition) is 0. The fraction of sp³-hybridized carbons (Fsp3) is 0.286. The van der Waals surface area contributed by atoms with Gasteiger partial charge in [0.25, 0.3) is 0 Å². The maximum Gasteiger partial charge on any atom is -0.00944 e. The van der Waals surface area contributed by atoms with Gasteiger partial charge in [-0.3, -0.25) is 0 Å². The van der Waals surface area contributed by atoms with Crippen LogP contribution < -0.4 is 0 Å². The molecule has 0 fully saturated rings. The minimum absolute atomic E-state index is 1.13. The summed E-state index contributed by atoms with van der Waals surface area (Å²) in [6.45, 7) is 0. The molecule has 2 aliphatic carbocycles. The van der Waals surface area contributed by atoms with E-state index in [0.717, 1.165) is 25.7 Å². The number of allylic oxidation sites excluding steroid dienone is 4. The van der Waals surface area contributed by atoms with E-state index in [9.17, 15) is 0 Å². The van der Waals surface area contributed by atoms with E-state index in [1.165, 1.54) is 0 Å². The molecule has 0 nitrogen and oxygen atoms in total. The van der Waals surface area contributed by atoms with E-state index >= 15 is 0 Å². The van der Waals surface area contributed by atoms with Crippen LogP contribution in [0.3, 0.4) is 0 Å². The van der Waals surface area contributed by atoms with E-state index in [2.05, 4.69) is 36.4 Å². The predicted molar refractivity (Wildman–Crippen MR) is 59.5 cm³/mol. The molecule has 0 saturated carbocycles. The highest BCUT2D eigenvalue weighted by atomic mass is 14.2. The lowest BCUT2D eigenvalue weighted by molar-refractivity contribution is 1.02. The lowest BCUT2D eigenvalue weighted by atomic mass is 9.88. The van der Waals surface area contributed by atoms with Crippen LogP contribution in [0.5, 0.6) is 0 Å². The summed E-state index contributed by atoms with van der Waals surface area (Å²) >= 11 is 0. The Hall–Kier alpha value is -1.30. The van der Waals surface area contributed by atoms with E-state index in [-0.39, 0.29) is 0 Å². The predicted octanol–water partition coefficient (Wildman–Crippen LogP) is 3.00. The second-order valence-corrected chi connectivity index (χ2v) is 4.15. The molecule has 70 valence electrons. The number of fused-ring (bicyclic) bond motifs is 2. The third-order valence-electron chi connectivity index (χ3n) is 3.21. The average molecular weight is 182 g/mol. The molecule has 0 saturated heterocycles. The highest BCUT2D eigenvalue weighted by molar-refractivity contribution is 5.44. The van der Waals surface area contributed by atoms with Gasteiger partial charge in [-0.1, -0.05) is 36.4 Å². The van der Waals surface area contributed by atoms with Crippen LogP contribution >= 0.6 is 0 Å². The minimum Gasteiger partial charge on any atom is -0.0838 e. The molecule has 2 aliphatic rings. The van der Waals surface area contributed by atoms with Crippen molar-refractivity contribution in [3.63, 3.8) is 0 Å². The molecule has 14 heavy (non-hydrogen) atoms. The Morgan fingerprint density at radius 1 is 0.500 bits per heavy atom. The summed E-state index contributed by atoms with van der Waals surface area (Å²) < 4.78 is 0. The zero-order chi connectivity index (χ0) is 9.38. The lowest BCUT2D eigenvalue weighted by Crippen LogP contribution is -2.04. The third kappa shape index (κ3) is 1.22. The normalized spacial score (nSPS) is 17.7. The maximum absolute atomic E-state index is 2.41. The van der Waals surface area contributed by atoms with Crippen molar-refractivity contribution in [2.45, 2.75) is 25.7 Å². The van der Waals surface area contributed by atoms with Crippen molar-refractivity contribution in [1.82, 2.24) is 0 Å². The second-order valence-electron chi connectivity index (χ2n) is 4.15. The van der Waals surface area contributed by atoms with Crippen molar-refractivity contribution < 1.29 is 0 Å². The standard InChI is InChI=1S/C14H14/c1-2-6-12-10-14-8-4-3-7-13(14)9-11(12)5-1/h1-4,9-10H,5-8H2. The molecule has 0 atom stereocenters. The fourth-order valence-corrected chi connectivity index (χ4v) is 2.39. The Balaban J connectivity index is 2.11. The highest BCUT2D eigenvalue weighted by Crippen LogP contribution is 2.25. The summed E-state index contributed by atoms with van der Waals surface area (Å²) in [5.41, 5.74) is 6.17. The van der Waals surface area contributed by atoms with Crippen LogP contribution in [0.15, 0.2) is 36.4 Å². The molecule has 3 rings (SSSR count). The minimum atomic E-state index is 1.13. The van der Waals surface area contributed by atoms with Crippen LogP contribution in [-0.4, -0.2) is 0 Å². The van der Waals surface area contributed by atoms with Gasteiger partial charge in [0, 0.05) is 0 Å². The Morgan fingerprint density at radius 2 is 0.786 bits per heavy atom. The van der Waals surface area contributed by atoms with Gasteiger partial charge in [0.1, 0.15) is 0 Å². The van der Waals surface area contributed by atoms with E-state index in [4.69, 9.17) is 0 Å². The molecule has 0 radical (unpaired) electrons. The topological polar surface area (TPSA) is 0 Å². The van der Waals surface area contributed by atoms with Crippen molar-refractivity contribution >= 4 is 0 Å². The van der Waals surface area contributed by atoms with Crippen LogP contribution in [0, 0.1) is 0 Å². The van der Waals surface area contributed by atoms with E-state index in [1.807, 2.05) is 0 Å². The molecule has 0 aliphatic heterocycles. The summed E-state index contributed by atoms with van der Waals surface area (Å²) in [7, 11) is 0. The second kappa shape index (κ2) is 3.13. The zero-order valence-corrected chi connectivity index (χ0v) is 8.29. The number of benzene rings is 1. The molecular weight excluding hydrogens is 168 g/mol. The summed E-state index contributed by atoms with van der Waals surface area (Å²) in [5.74, 6) is 0. The summed E-state index contributed by atoms with van der Waals surface area (Å²) in [6, 6.07) is 4.83. The molecule has 0 aromatic heterocycles. The van der Waals surface area contributed by atoms with Crippen molar-refractivity contribution in [2.24, 2.45) is 0 Å². The van der Waals surface area contributed by atoms with Gasteiger partial charge < -0.3 is 0 Å². The van der Waals surface area contributed by atoms with Crippen molar-refractivity contribution in [2.75, 3.05) is 0 Å². The average Bonchev–Trinajstić information content (AvgIpc) is 2.26. The SMILES string of the molecule is C1=CCc2cc3c(cc2C1)CC=CC3. The van der Waals surface area contributed by atoms with Crippen molar-refractivity contribution in [3.05, 3.63) is 58.7 Å². The number of rotatable bonds is 0. The van der Waals surface area contributed by atoms with E-state index in [0.29, 0.717) is 0 Å². The van der Waals surface area contributed by atoms with Gasteiger partial charge in [-0.2, -0.15) is 0 Å². The molecule has 0 amide bonds. The van der Waals surface area contributed by atoms with Gasteiger partial charge in [0.05, 0.1) is 0 Å². The molecule has 0 heteroatoms. The summed E-state index contributed by atoms with van der Waals surface area (Å²) in [4.78, 5) is 0. The highest BCUT2D eigenvalue weighted by Gasteiger charge is 2.11. The molecular formula is C14H14. The van der Waals surface area contributed by atoms with Gasteiger partial charge in [-0.15, -0.1) is 0 Å². The van der Waals surface area contributed by atoms with Crippen LogP contribution in [0.25, 0.3) is 0 Å². The van der Waals surface area contributed by atoms with Gasteiger partial charge >= 0.3 is 0 Å². The largest absolute Gasteiger partial charge is 0.0838 e. The first kappa shape index (κ1) is 8.05. The Bertz CT molecular complexity index is 346. The first-order valence-corrected chi connectivity index (χ1v) is 5.37. The molecule has 1 aromatic carbocycles. The molecule has 0 unspecified atom stereocenters. The molecule has 1 aromatic rings. The van der Waals surface area contributed by atoms with Crippen molar-refractivity contribution in [3.8, 4) is 0 Å². The van der Waals surface area contributed by atoms with Crippen LogP contribution in [-0.2, 0) is 25.7 Å². The quantitative estimate of drug-likeness (QED) is 0.541. The smallest absolute Gasteiger partial charge is 0.00944 e. The van der Waals surface area contributed by atoms with E-state index < -0.39 is 0 Å². The monoisotopic (exact) mass is 182 g/mol. The van der Waals surface area contributed by atoms with Crippen LogP contribution in [0.4, 0.5) is 0 Å². The molecule has 0 heterocycles.